The average Bonchev–Trinajstić information content (AvgIpc) is 2.34. The molecule has 0 unspecified atom stereocenters. The van der Waals surface area contributed by atoms with Gasteiger partial charge in [-0.2, -0.15) is 0 Å². The zero-order chi connectivity index (χ0) is 13.1. The van der Waals surface area contributed by atoms with Gasteiger partial charge in [-0.15, -0.1) is 0 Å². The monoisotopic (exact) mass is 279 g/mol. The number of aromatic nitrogens is 1. The van der Waals surface area contributed by atoms with Gasteiger partial charge in [0.05, 0.1) is 10.6 Å². The predicted molar refractivity (Wildman–Crippen MR) is 72.7 cm³/mol. The van der Waals surface area contributed by atoms with Crippen LogP contribution in [0.2, 0.25) is 5.02 Å². The molecule has 1 aromatic carbocycles. The molecule has 4 N–H and O–H groups in total. The Morgan fingerprint density at radius 2 is 2.06 bits per heavy atom. The fourth-order valence-corrected chi connectivity index (χ4v) is 2.58. The number of primary amides is 1. The van der Waals surface area contributed by atoms with E-state index in [-0.39, 0.29) is 0 Å². The molecule has 0 saturated carbocycles. The quantitative estimate of drug-likeness (QED) is 0.846. The molecule has 6 heteroatoms. The lowest BCUT2D eigenvalue weighted by Gasteiger charge is -2.09. The maximum atomic E-state index is 11.3. The highest BCUT2D eigenvalue weighted by atomic mass is 35.5. The summed E-state index contributed by atoms with van der Waals surface area (Å²) in [5.74, 6) is -0.531. The number of carbonyl (C=O) groups excluding carboxylic acids is 1. The Balaban J connectivity index is 2.46. The Morgan fingerprint density at radius 3 is 2.72 bits per heavy atom. The number of hydrogen-bond acceptors (Lipinski definition) is 4. The van der Waals surface area contributed by atoms with Crippen LogP contribution in [0.5, 0.6) is 0 Å². The second-order valence-electron chi connectivity index (χ2n) is 3.48. The zero-order valence-electron chi connectivity index (χ0n) is 9.26. The van der Waals surface area contributed by atoms with Gasteiger partial charge in [0, 0.05) is 16.8 Å². The third kappa shape index (κ3) is 2.57. The Hall–Kier alpha value is -1.72. The molecular formula is C12H10ClN3OS. The summed E-state index contributed by atoms with van der Waals surface area (Å²) in [6.45, 7) is 0. The van der Waals surface area contributed by atoms with Crippen molar-refractivity contribution in [2.24, 2.45) is 5.73 Å². The third-order valence-electron chi connectivity index (χ3n) is 2.23. The summed E-state index contributed by atoms with van der Waals surface area (Å²) in [7, 11) is 0. The molecule has 1 aromatic heterocycles. The summed E-state index contributed by atoms with van der Waals surface area (Å²) < 4.78 is 0. The number of nitrogens with zero attached hydrogens (tertiary/aromatic N) is 1. The first-order chi connectivity index (χ1) is 8.59. The number of carbonyl (C=O) groups is 1. The minimum Gasteiger partial charge on any atom is -0.398 e. The highest BCUT2D eigenvalue weighted by Gasteiger charge is 2.14. The van der Waals surface area contributed by atoms with Gasteiger partial charge in [-0.1, -0.05) is 29.4 Å². The first-order valence-corrected chi connectivity index (χ1v) is 6.25. The van der Waals surface area contributed by atoms with Gasteiger partial charge >= 0.3 is 0 Å². The summed E-state index contributed by atoms with van der Waals surface area (Å²) in [5, 5.41) is 1.08. The van der Waals surface area contributed by atoms with Crippen molar-refractivity contribution in [2.75, 3.05) is 5.73 Å². The van der Waals surface area contributed by atoms with Crippen LogP contribution in [0.4, 0.5) is 5.69 Å². The van der Waals surface area contributed by atoms with E-state index >= 15 is 0 Å². The molecule has 92 valence electrons. The largest absolute Gasteiger partial charge is 0.398 e. The van der Waals surface area contributed by atoms with E-state index < -0.39 is 5.91 Å². The molecule has 1 amide bonds. The second kappa shape index (κ2) is 5.29. The van der Waals surface area contributed by atoms with E-state index in [4.69, 9.17) is 23.1 Å². The summed E-state index contributed by atoms with van der Waals surface area (Å²) >= 11 is 7.24. The zero-order valence-corrected chi connectivity index (χ0v) is 10.8. The van der Waals surface area contributed by atoms with Crippen LogP contribution in [-0.4, -0.2) is 10.9 Å². The van der Waals surface area contributed by atoms with Crippen LogP contribution in [0.15, 0.2) is 46.5 Å². The number of pyridine rings is 1. The van der Waals surface area contributed by atoms with Gasteiger partial charge in [0.2, 0.25) is 5.91 Å². The van der Waals surface area contributed by atoms with Gasteiger partial charge in [-0.25, -0.2) is 4.98 Å². The van der Waals surface area contributed by atoms with Crippen LogP contribution in [0.3, 0.4) is 0 Å². The van der Waals surface area contributed by atoms with E-state index in [9.17, 15) is 4.79 Å². The maximum absolute atomic E-state index is 11.3. The smallest absolute Gasteiger partial charge is 0.249 e. The molecule has 2 aromatic rings. The van der Waals surface area contributed by atoms with Crippen molar-refractivity contribution in [3.63, 3.8) is 0 Å². The molecule has 0 atom stereocenters. The molecule has 0 radical (unpaired) electrons. The number of rotatable bonds is 3. The van der Waals surface area contributed by atoms with Gasteiger partial charge < -0.3 is 11.5 Å². The van der Waals surface area contributed by atoms with Gasteiger partial charge in [-0.3, -0.25) is 4.79 Å². The molecule has 0 bridgehead atoms. The van der Waals surface area contributed by atoms with E-state index in [1.54, 1.807) is 36.5 Å². The van der Waals surface area contributed by atoms with Crippen molar-refractivity contribution < 1.29 is 4.79 Å². The van der Waals surface area contributed by atoms with Gasteiger partial charge in [0.1, 0.15) is 5.03 Å². The normalized spacial score (nSPS) is 10.3. The standard InChI is InChI=1S/C12H10ClN3OS/c13-8-4-2-6-16-12(8)18-10-7(11(15)17)3-1-5-9(10)14/h1-6H,14H2,(H2,15,17). The fourth-order valence-electron chi connectivity index (χ4n) is 1.41. The topological polar surface area (TPSA) is 82.0 Å². The molecule has 0 spiro atoms. The number of amides is 1. The van der Waals surface area contributed by atoms with E-state index in [0.717, 1.165) is 0 Å². The van der Waals surface area contributed by atoms with Crippen molar-refractivity contribution in [3.05, 3.63) is 47.1 Å². The second-order valence-corrected chi connectivity index (χ2v) is 4.89. The number of hydrogen-bond donors (Lipinski definition) is 2. The van der Waals surface area contributed by atoms with E-state index in [2.05, 4.69) is 4.98 Å². The molecule has 0 aliphatic carbocycles. The van der Waals surface area contributed by atoms with E-state index in [1.165, 1.54) is 11.8 Å². The predicted octanol–water partition coefficient (Wildman–Crippen LogP) is 2.57. The van der Waals surface area contributed by atoms with Gasteiger partial charge in [-0.05, 0) is 24.3 Å². The molecule has 18 heavy (non-hydrogen) atoms. The number of nitrogens with two attached hydrogens (primary N) is 2. The lowest BCUT2D eigenvalue weighted by atomic mass is 10.2. The van der Waals surface area contributed by atoms with Crippen LogP contribution >= 0.6 is 23.4 Å². The average molecular weight is 280 g/mol. The number of anilines is 1. The SMILES string of the molecule is NC(=O)c1cccc(N)c1Sc1ncccc1Cl. The third-order valence-corrected chi connectivity index (χ3v) is 3.83. The van der Waals surface area contributed by atoms with Gasteiger partial charge in [0.25, 0.3) is 0 Å². The van der Waals surface area contributed by atoms with Crippen molar-refractivity contribution in [1.82, 2.24) is 4.98 Å². The molecule has 0 aliphatic heterocycles. The Bertz CT molecular complexity index is 604. The highest BCUT2D eigenvalue weighted by Crippen LogP contribution is 2.36. The minimum atomic E-state index is -0.531. The van der Waals surface area contributed by atoms with E-state index in [1.807, 2.05) is 0 Å². The van der Waals surface area contributed by atoms with Crippen molar-refractivity contribution in [3.8, 4) is 0 Å². The number of nitrogen functional groups attached to an aromatic ring is 1. The molecule has 2 rings (SSSR count). The first kappa shape index (κ1) is 12.7. The number of halogens is 1. The summed E-state index contributed by atoms with van der Waals surface area (Å²) in [6, 6.07) is 8.46. The summed E-state index contributed by atoms with van der Waals surface area (Å²) in [4.78, 5) is 16.1. The van der Waals surface area contributed by atoms with Crippen molar-refractivity contribution in [1.29, 1.82) is 0 Å². The first-order valence-electron chi connectivity index (χ1n) is 5.06. The molecular weight excluding hydrogens is 270 g/mol. The number of benzene rings is 1. The molecule has 1 heterocycles. The Labute approximate surface area is 113 Å². The fraction of sp³-hybridized carbons (Fsp3) is 0. The minimum absolute atomic E-state index is 0.363. The molecule has 0 fully saturated rings. The highest BCUT2D eigenvalue weighted by molar-refractivity contribution is 7.99. The van der Waals surface area contributed by atoms with Crippen LogP contribution in [0, 0.1) is 0 Å². The van der Waals surface area contributed by atoms with Gasteiger partial charge in [0.15, 0.2) is 0 Å². The molecule has 4 nitrogen and oxygen atoms in total. The molecule has 0 aliphatic rings. The lowest BCUT2D eigenvalue weighted by molar-refractivity contribution is 0.0997. The van der Waals surface area contributed by atoms with Crippen LogP contribution in [0.1, 0.15) is 10.4 Å². The van der Waals surface area contributed by atoms with E-state index in [0.29, 0.717) is 26.2 Å². The summed E-state index contributed by atoms with van der Waals surface area (Å²) in [6.07, 6.45) is 1.62. The van der Waals surface area contributed by atoms with Crippen LogP contribution in [0.25, 0.3) is 0 Å². The van der Waals surface area contributed by atoms with Crippen molar-refractivity contribution in [2.45, 2.75) is 9.92 Å². The van der Waals surface area contributed by atoms with Crippen LogP contribution < -0.4 is 11.5 Å². The maximum Gasteiger partial charge on any atom is 0.249 e. The Morgan fingerprint density at radius 1 is 1.28 bits per heavy atom. The lowest BCUT2D eigenvalue weighted by Crippen LogP contribution is -2.13. The van der Waals surface area contributed by atoms with Crippen molar-refractivity contribution >= 4 is 35.0 Å². The molecule has 0 saturated heterocycles. The van der Waals surface area contributed by atoms with Crippen LogP contribution in [-0.2, 0) is 0 Å². The Kier molecular flexibility index (Phi) is 3.74. The summed E-state index contributed by atoms with van der Waals surface area (Å²) in [5.41, 5.74) is 12.0.